The van der Waals surface area contributed by atoms with E-state index in [1.54, 1.807) is 5.22 Å². The highest BCUT2D eigenvalue weighted by Crippen LogP contribution is 2.09. The van der Waals surface area contributed by atoms with Crippen LogP contribution in [0.4, 0.5) is 0 Å². The molecule has 5 heteroatoms. The van der Waals surface area contributed by atoms with Crippen molar-refractivity contribution in [1.29, 1.82) is 0 Å². The lowest BCUT2D eigenvalue weighted by atomic mass is 11.0. The molecular formula is C3H7IN4. The summed E-state index contributed by atoms with van der Waals surface area (Å²) in [5, 5.41) is 1.80. The fourth-order valence-electron chi connectivity index (χ4n) is 0.319. The number of hydrogen-bond donors (Lipinski definition) is 1. The molecule has 46 valence electrons. The molecule has 0 aromatic heterocycles. The van der Waals surface area contributed by atoms with Crippen LogP contribution in [0.3, 0.4) is 0 Å². The number of hydrogen-bond acceptors (Lipinski definition) is 1. The van der Waals surface area contributed by atoms with Crippen LogP contribution in [0.5, 0.6) is 0 Å². The average molecular weight is 226 g/mol. The smallest absolute Gasteiger partial charge is 0.0477 e. The highest BCUT2D eigenvalue weighted by molar-refractivity contribution is 14.2. The third-order valence-electron chi connectivity index (χ3n) is 0.860. The van der Waals surface area contributed by atoms with Gasteiger partial charge in [-0.05, 0) is 0 Å². The maximum absolute atomic E-state index is 7.99. The number of halogens is 1. The summed E-state index contributed by atoms with van der Waals surface area (Å²) in [7, 11) is 0. The third kappa shape index (κ3) is 2.41. The third-order valence-corrected chi connectivity index (χ3v) is 2.69. The van der Waals surface area contributed by atoms with E-state index in [1.807, 2.05) is 0 Å². The molecule has 4 nitrogen and oxygen atoms in total. The number of nitrogens with zero attached hydrogens (tertiary/aromatic N) is 3. The van der Waals surface area contributed by atoms with Crippen molar-refractivity contribution in [3.8, 4) is 0 Å². The van der Waals surface area contributed by atoms with Gasteiger partial charge in [-0.1, -0.05) is 21.0 Å². The Morgan fingerprint density at radius 3 is 3.00 bits per heavy atom. The summed E-state index contributed by atoms with van der Waals surface area (Å²) in [5.74, 6) is 0. The van der Waals surface area contributed by atoms with Crippen LogP contribution >= 0.6 is 21.0 Å². The molecule has 0 unspecified atom stereocenters. The van der Waals surface area contributed by atoms with Crippen molar-refractivity contribution in [3.05, 3.63) is 5.53 Å². The normalized spacial score (nSPS) is 20.5. The minimum Gasteiger partial charge on any atom is -0.292 e. The van der Waals surface area contributed by atoms with Gasteiger partial charge in [-0.3, -0.25) is 4.90 Å². The summed E-state index contributed by atoms with van der Waals surface area (Å²) >= 11 is -0.163. The second-order valence-corrected chi connectivity index (χ2v) is 3.39. The Kier molecular flexibility index (Phi) is 2.47. The van der Waals surface area contributed by atoms with E-state index in [1.165, 1.54) is 13.1 Å². The van der Waals surface area contributed by atoms with Gasteiger partial charge in [-0.2, -0.15) is 14.0 Å². The summed E-state index contributed by atoms with van der Waals surface area (Å²) < 4.78 is 4.70. The Labute approximate surface area is 57.9 Å². The molecule has 1 N–H and O–H groups in total. The maximum Gasteiger partial charge on any atom is 0.0477 e. The summed E-state index contributed by atoms with van der Waals surface area (Å²) in [5.41, 5.74) is 7.99. The van der Waals surface area contributed by atoms with Gasteiger partial charge in [-0.15, -0.1) is 0 Å². The monoisotopic (exact) mass is 226 g/mol. The van der Waals surface area contributed by atoms with E-state index in [4.69, 9.17) is 5.53 Å². The number of alkyl halides is 1. The summed E-state index contributed by atoms with van der Waals surface area (Å²) in [6.45, 7) is 2.45. The van der Waals surface area contributed by atoms with E-state index in [-0.39, 0.29) is 21.0 Å². The molecule has 0 spiro atoms. The van der Waals surface area contributed by atoms with Gasteiger partial charge < -0.3 is 0 Å². The molecule has 1 rings (SSSR count). The molecule has 0 aromatic carbocycles. The molecule has 1 fully saturated rings. The molecule has 1 aliphatic heterocycles. The lowest BCUT2D eigenvalue weighted by molar-refractivity contribution is -0.478. The van der Waals surface area contributed by atoms with E-state index < -0.39 is 0 Å². The molecule has 1 saturated heterocycles. The second-order valence-electron chi connectivity index (χ2n) is 1.54. The van der Waals surface area contributed by atoms with Gasteiger partial charge in [0.1, 0.15) is 0 Å². The van der Waals surface area contributed by atoms with Gasteiger partial charge in [0.2, 0.25) is 0 Å². The minimum absolute atomic E-state index is 0.163. The zero-order valence-corrected chi connectivity index (χ0v) is 6.50. The van der Waals surface area contributed by atoms with Crippen molar-refractivity contribution in [3.63, 3.8) is 0 Å². The van der Waals surface area contributed by atoms with E-state index in [9.17, 15) is 0 Å². The first-order chi connectivity index (χ1) is 3.93. The van der Waals surface area contributed by atoms with Gasteiger partial charge in [0, 0.05) is 17.6 Å². The number of nitrogens with one attached hydrogen (secondary N) is 1. The van der Waals surface area contributed by atoms with Crippen molar-refractivity contribution in [1.82, 2.24) is 4.90 Å². The molecule has 0 aromatic rings. The standard InChI is InChI=1S/C3H7IN4/c5-7-6-4-3-8-1-2-8/h7H,1-3H2. The Bertz CT molecular complexity index is 108. The van der Waals surface area contributed by atoms with Crippen LogP contribution in [-0.4, -0.2) is 22.5 Å². The van der Waals surface area contributed by atoms with Crippen LogP contribution in [0.25, 0.3) is 5.53 Å². The molecule has 0 atom stereocenters. The predicted octanol–water partition coefficient (Wildman–Crippen LogP) is -0.569. The molecule has 0 aliphatic carbocycles. The predicted molar refractivity (Wildman–Crippen MR) is 37.2 cm³/mol. The first kappa shape index (κ1) is 6.21. The quantitative estimate of drug-likeness (QED) is 0.172. The lowest BCUT2D eigenvalue weighted by Gasteiger charge is -1.86. The molecule has 0 radical (unpaired) electrons. The van der Waals surface area contributed by atoms with Crippen LogP contribution in [0, 0.1) is 0 Å². The fourth-order valence-corrected chi connectivity index (χ4v) is 1.74. The van der Waals surface area contributed by atoms with E-state index in [0.717, 1.165) is 4.55 Å². The fraction of sp³-hybridized carbons (Fsp3) is 1.00. The first-order valence-corrected chi connectivity index (χ1v) is 4.82. The SMILES string of the molecule is [N-]=[NH+]N=ICN1CC1. The molecule has 0 amide bonds. The lowest BCUT2D eigenvalue weighted by Crippen LogP contribution is -2.52. The minimum atomic E-state index is -0.163. The summed E-state index contributed by atoms with van der Waals surface area (Å²) in [4.78, 5) is 2.29. The molecule has 1 heterocycles. The van der Waals surface area contributed by atoms with Crippen molar-refractivity contribution in [2.24, 2.45) is 3.25 Å². The molecular weight excluding hydrogens is 219 g/mol. The van der Waals surface area contributed by atoms with Crippen LogP contribution in [-0.2, 0) is 0 Å². The van der Waals surface area contributed by atoms with Crippen molar-refractivity contribution < 1.29 is 5.22 Å². The van der Waals surface area contributed by atoms with Gasteiger partial charge in [0.25, 0.3) is 0 Å². The largest absolute Gasteiger partial charge is 0.292 e. The Balaban J connectivity index is 2.01. The first-order valence-electron chi connectivity index (χ1n) is 2.33. The highest BCUT2D eigenvalue weighted by atomic mass is 127. The van der Waals surface area contributed by atoms with E-state index >= 15 is 0 Å². The van der Waals surface area contributed by atoms with Gasteiger partial charge in [-0.25, -0.2) is 0 Å². The van der Waals surface area contributed by atoms with Crippen LogP contribution in [0.15, 0.2) is 3.25 Å². The summed E-state index contributed by atoms with van der Waals surface area (Å²) in [6, 6.07) is 0. The van der Waals surface area contributed by atoms with Crippen molar-refractivity contribution in [2.45, 2.75) is 0 Å². The zero-order chi connectivity index (χ0) is 5.82. The Hall–Kier alpha value is 0.0900. The average Bonchev–Trinajstić information content (AvgIpc) is 2.51. The van der Waals surface area contributed by atoms with E-state index in [2.05, 4.69) is 8.15 Å². The molecule has 0 bridgehead atoms. The number of rotatable bonds is 3. The van der Waals surface area contributed by atoms with Crippen LogP contribution in [0.2, 0.25) is 0 Å². The second kappa shape index (κ2) is 3.18. The van der Waals surface area contributed by atoms with Crippen molar-refractivity contribution in [2.75, 3.05) is 17.6 Å². The van der Waals surface area contributed by atoms with Gasteiger partial charge >= 0.3 is 0 Å². The van der Waals surface area contributed by atoms with Crippen molar-refractivity contribution >= 4 is 21.0 Å². The maximum atomic E-state index is 7.99. The molecule has 1 aliphatic rings. The topological polar surface area (TPSA) is 51.6 Å². The molecule has 8 heavy (non-hydrogen) atoms. The van der Waals surface area contributed by atoms with Crippen LogP contribution in [0.1, 0.15) is 0 Å². The Morgan fingerprint density at radius 1 is 1.75 bits per heavy atom. The Morgan fingerprint density at radius 2 is 2.50 bits per heavy atom. The molecule has 0 saturated carbocycles. The van der Waals surface area contributed by atoms with Crippen LogP contribution < -0.4 is 5.22 Å². The van der Waals surface area contributed by atoms with E-state index in [0.29, 0.717) is 0 Å². The zero-order valence-electron chi connectivity index (χ0n) is 4.34. The van der Waals surface area contributed by atoms with Gasteiger partial charge in [0.05, 0.1) is 0 Å². The van der Waals surface area contributed by atoms with Gasteiger partial charge in [0.15, 0.2) is 0 Å². The highest BCUT2D eigenvalue weighted by Gasteiger charge is 2.13. The summed E-state index contributed by atoms with van der Waals surface area (Å²) in [6.07, 6.45) is 0.